The molecule has 2 heterocycles. The van der Waals surface area contributed by atoms with E-state index in [0.29, 0.717) is 16.4 Å². The minimum absolute atomic E-state index is 0.0543. The number of rotatable bonds is 7. The standard InChI is InChI=1S/C26H27N5O2S/c1-16-10-12-20(19(14-16)24(32)17-6-2-3-7-17)30-25(33)31-26-27-15-18(34-26)11-13-23-28-21-8-4-5-9-22(21)29-23/h4-5,8-10,12,14-15,17H,2-3,6-7,11,13H2,1H3,(H,28,29)(H2,27,30,31,33). The molecule has 1 aliphatic carbocycles. The number of H-pyrrole nitrogens is 1. The zero-order valence-electron chi connectivity index (χ0n) is 19.1. The fraction of sp³-hybridized carbons (Fsp3) is 0.308. The number of Topliss-reactive ketones (excluding diaryl/α,β-unsaturated/α-hetero) is 1. The maximum Gasteiger partial charge on any atom is 0.325 e. The van der Waals surface area contributed by atoms with E-state index >= 15 is 0 Å². The number of urea groups is 1. The molecule has 5 rings (SSSR count). The molecule has 1 fully saturated rings. The summed E-state index contributed by atoms with van der Waals surface area (Å²) in [7, 11) is 0. The molecule has 7 nitrogen and oxygen atoms in total. The molecule has 2 aromatic carbocycles. The Morgan fingerprint density at radius 3 is 2.74 bits per heavy atom. The van der Waals surface area contributed by atoms with Gasteiger partial charge in [-0.05, 0) is 50.5 Å². The van der Waals surface area contributed by atoms with E-state index < -0.39 is 6.03 Å². The highest BCUT2D eigenvalue weighted by atomic mass is 32.1. The van der Waals surface area contributed by atoms with Crippen LogP contribution in [0.25, 0.3) is 11.0 Å². The molecule has 0 bridgehead atoms. The molecule has 1 aliphatic rings. The van der Waals surface area contributed by atoms with E-state index in [0.717, 1.165) is 65.8 Å². The predicted molar refractivity (Wildman–Crippen MR) is 136 cm³/mol. The largest absolute Gasteiger partial charge is 0.342 e. The molecular weight excluding hydrogens is 446 g/mol. The Balaban J connectivity index is 1.20. The lowest BCUT2D eigenvalue weighted by Gasteiger charge is -2.14. The lowest BCUT2D eigenvalue weighted by atomic mass is 9.94. The molecule has 0 unspecified atom stereocenters. The highest BCUT2D eigenvalue weighted by Gasteiger charge is 2.26. The van der Waals surface area contributed by atoms with Gasteiger partial charge < -0.3 is 10.3 Å². The van der Waals surface area contributed by atoms with Crippen molar-refractivity contribution in [2.24, 2.45) is 5.92 Å². The Morgan fingerprint density at radius 1 is 1.09 bits per heavy atom. The van der Waals surface area contributed by atoms with Gasteiger partial charge in [-0.2, -0.15) is 0 Å². The number of fused-ring (bicyclic) bond motifs is 1. The average molecular weight is 474 g/mol. The first-order valence-corrected chi connectivity index (χ1v) is 12.5. The van der Waals surface area contributed by atoms with E-state index in [1.807, 2.05) is 43.3 Å². The Kier molecular flexibility index (Phi) is 6.40. The first-order valence-electron chi connectivity index (χ1n) is 11.7. The number of nitrogens with zero attached hydrogens (tertiary/aromatic N) is 2. The zero-order chi connectivity index (χ0) is 23.5. The van der Waals surface area contributed by atoms with Gasteiger partial charge in [0.25, 0.3) is 0 Å². The minimum Gasteiger partial charge on any atom is -0.342 e. The van der Waals surface area contributed by atoms with Crippen LogP contribution in [0.1, 0.15) is 52.3 Å². The summed E-state index contributed by atoms with van der Waals surface area (Å²) in [6.45, 7) is 1.96. The van der Waals surface area contributed by atoms with Crippen LogP contribution in [0.4, 0.5) is 15.6 Å². The van der Waals surface area contributed by atoms with Crippen molar-refractivity contribution in [3.8, 4) is 0 Å². The first kappa shape index (κ1) is 22.3. The van der Waals surface area contributed by atoms with Crippen LogP contribution in [0.3, 0.4) is 0 Å². The van der Waals surface area contributed by atoms with E-state index in [1.54, 1.807) is 12.3 Å². The number of amides is 2. The maximum absolute atomic E-state index is 13.0. The number of carbonyl (C=O) groups excluding carboxylic acids is 2. The molecule has 0 atom stereocenters. The molecule has 3 N–H and O–H groups in total. The van der Waals surface area contributed by atoms with Gasteiger partial charge in [-0.25, -0.2) is 14.8 Å². The summed E-state index contributed by atoms with van der Waals surface area (Å²) in [6.07, 6.45) is 7.35. The number of thiazole rings is 1. The number of aryl methyl sites for hydroxylation is 3. The van der Waals surface area contributed by atoms with Crippen LogP contribution in [0.2, 0.25) is 0 Å². The number of aromatic amines is 1. The fourth-order valence-corrected chi connectivity index (χ4v) is 5.28. The smallest absolute Gasteiger partial charge is 0.325 e. The first-order chi connectivity index (χ1) is 16.5. The zero-order valence-corrected chi connectivity index (χ0v) is 19.9. The number of para-hydroxylation sites is 2. The van der Waals surface area contributed by atoms with Gasteiger partial charge in [-0.1, -0.05) is 36.6 Å². The van der Waals surface area contributed by atoms with Gasteiger partial charge in [0.05, 0.1) is 16.7 Å². The van der Waals surface area contributed by atoms with Gasteiger partial charge in [0.15, 0.2) is 10.9 Å². The van der Waals surface area contributed by atoms with Crippen LogP contribution in [0.5, 0.6) is 0 Å². The van der Waals surface area contributed by atoms with Gasteiger partial charge in [0.1, 0.15) is 5.82 Å². The number of carbonyl (C=O) groups is 2. The fourth-order valence-electron chi connectivity index (χ4n) is 4.48. The average Bonchev–Trinajstić information content (AvgIpc) is 3.59. The molecule has 34 heavy (non-hydrogen) atoms. The van der Waals surface area contributed by atoms with Crippen LogP contribution in [-0.2, 0) is 12.8 Å². The van der Waals surface area contributed by atoms with Crippen LogP contribution < -0.4 is 10.6 Å². The third-order valence-electron chi connectivity index (χ3n) is 6.24. The summed E-state index contributed by atoms with van der Waals surface area (Å²) in [5.74, 6) is 1.11. The monoisotopic (exact) mass is 473 g/mol. The van der Waals surface area contributed by atoms with Gasteiger partial charge in [-0.15, -0.1) is 11.3 Å². The third kappa shape index (κ3) is 5.02. The topological polar surface area (TPSA) is 99.8 Å². The Hall–Kier alpha value is -3.52. The highest BCUT2D eigenvalue weighted by Crippen LogP contribution is 2.31. The van der Waals surface area contributed by atoms with Crippen molar-refractivity contribution >= 4 is 45.0 Å². The van der Waals surface area contributed by atoms with Crippen LogP contribution in [-0.4, -0.2) is 26.8 Å². The number of hydrogen-bond acceptors (Lipinski definition) is 5. The van der Waals surface area contributed by atoms with Crippen molar-refractivity contribution in [3.63, 3.8) is 0 Å². The molecule has 2 amide bonds. The third-order valence-corrected chi connectivity index (χ3v) is 7.21. The Bertz CT molecular complexity index is 1300. The SMILES string of the molecule is Cc1ccc(NC(=O)Nc2ncc(CCc3nc4ccccc4[nH]3)s2)c(C(=O)C2CCCC2)c1. The molecular formula is C26H27N5O2S. The molecule has 0 aliphatic heterocycles. The van der Waals surface area contributed by atoms with E-state index in [9.17, 15) is 9.59 Å². The second-order valence-electron chi connectivity index (χ2n) is 8.81. The van der Waals surface area contributed by atoms with Crippen molar-refractivity contribution in [3.05, 3.63) is 70.5 Å². The lowest BCUT2D eigenvalue weighted by Crippen LogP contribution is -2.22. The number of ketones is 1. The van der Waals surface area contributed by atoms with E-state index in [-0.39, 0.29) is 11.7 Å². The summed E-state index contributed by atoms with van der Waals surface area (Å²) in [6, 6.07) is 13.1. The second-order valence-corrected chi connectivity index (χ2v) is 9.92. The van der Waals surface area contributed by atoms with E-state index in [4.69, 9.17) is 0 Å². The quantitative estimate of drug-likeness (QED) is 0.281. The summed E-state index contributed by atoms with van der Waals surface area (Å²) >= 11 is 1.44. The molecule has 0 radical (unpaired) electrons. The van der Waals surface area contributed by atoms with Crippen molar-refractivity contribution in [2.75, 3.05) is 10.6 Å². The van der Waals surface area contributed by atoms with Crippen LogP contribution >= 0.6 is 11.3 Å². The number of nitrogens with one attached hydrogen (secondary N) is 3. The second kappa shape index (κ2) is 9.77. The van der Waals surface area contributed by atoms with Gasteiger partial charge >= 0.3 is 6.03 Å². The van der Waals surface area contributed by atoms with Crippen LogP contribution in [0.15, 0.2) is 48.7 Å². The van der Waals surface area contributed by atoms with Gasteiger partial charge in [-0.3, -0.25) is 10.1 Å². The highest BCUT2D eigenvalue weighted by molar-refractivity contribution is 7.15. The lowest BCUT2D eigenvalue weighted by molar-refractivity contribution is 0.0923. The summed E-state index contributed by atoms with van der Waals surface area (Å²) in [4.78, 5) is 39.0. The van der Waals surface area contributed by atoms with Crippen molar-refractivity contribution in [2.45, 2.75) is 45.4 Å². The number of aromatic nitrogens is 3. The predicted octanol–water partition coefficient (Wildman–Crippen LogP) is 6.13. The number of imidazole rings is 1. The van der Waals surface area contributed by atoms with E-state index in [1.165, 1.54) is 11.3 Å². The summed E-state index contributed by atoms with van der Waals surface area (Å²) < 4.78 is 0. The summed E-state index contributed by atoms with van der Waals surface area (Å²) in [5.41, 5.74) is 4.13. The summed E-state index contributed by atoms with van der Waals surface area (Å²) in [5, 5.41) is 6.18. The molecule has 8 heteroatoms. The molecule has 2 aromatic heterocycles. The maximum atomic E-state index is 13.0. The normalized spacial score (nSPS) is 13.9. The molecule has 0 spiro atoms. The van der Waals surface area contributed by atoms with Crippen molar-refractivity contribution < 1.29 is 9.59 Å². The Morgan fingerprint density at radius 2 is 1.91 bits per heavy atom. The van der Waals surface area contributed by atoms with Gasteiger partial charge in [0, 0.05) is 29.0 Å². The number of anilines is 2. The van der Waals surface area contributed by atoms with Crippen molar-refractivity contribution in [1.29, 1.82) is 0 Å². The van der Waals surface area contributed by atoms with E-state index in [2.05, 4.69) is 25.6 Å². The Labute approximate surface area is 202 Å². The van der Waals surface area contributed by atoms with Gasteiger partial charge in [0.2, 0.25) is 0 Å². The van der Waals surface area contributed by atoms with Crippen molar-refractivity contribution in [1.82, 2.24) is 15.0 Å². The number of benzene rings is 2. The molecule has 174 valence electrons. The number of hydrogen-bond donors (Lipinski definition) is 3. The molecule has 0 saturated heterocycles. The van der Waals surface area contributed by atoms with Crippen LogP contribution in [0, 0.1) is 12.8 Å². The minimum atomic E-state index is -0.400. The molecule has 1 saturated carbocycles. The molecule has 4 aromatic rings.